The van der Waals surface area contributed by atoms with Gasteiger partial charge in [0, 0.05) is 18.9 Å². The molecule has 114 valence electrons. The number of hydrogen-bond donors (Lipinski definition) is 2. The van der Waals surface area contributed by atoms with Crippen molar-refractivity contribution in [2.75, 3.05) is 10.5 Å². The lowest BCUT2D eigenvalue weighted by atomic mass is 10.1. The predicted octanol–water partition coefficient (Wildman–Crippen LogP) is 1.82. The van der Waals surface area contributed by atoms with Gasteiger partial charge >= 0.3 is 6.18 Å². The van der Waals surface area contributed by atoms with Crippen LogP contribution in [0.1, 0.15) is 5.56 Å². The van der Waals surface area contributed by atoms with Crippen LogP contribution >= 0.6 is 0 Å². The predicted molar refractivity (Wildman–Crippen MR) is 69.9 cm³/mol. The van der Waals surface area contributed by atoms with Crippen molar-refractivity contribution in [2.45, 2.75) is 11.1 Å². The monoisotopic (exact) mass is 320 g/mol. The number of nitrogens with one attached hydrogen (secondary N) is 1. The molecule has 2 rings (SSSR count). The molecule has 0 saturated carbocycles. The highest BCUT2D eigenvalue weighted by atomic mass is 32.2. The number of rotatable bonds is 3. The first-order chi connectivity index (χ1) is 9.59. The molecule has 0 fully saturated rings. The maximum absolute atomic E-state index is 12.9. The number of benzene rings is 1. The van der Waals surface area contributed by atoms with Crippen LogP contribution in [0.3, 0.4) is 0 Å². The minimum atomic E-state index is -4.73. The SMILES string of the molecule is Cn1cc(S(=O)(=O)Nc2ccc(N)cc2C(F)(F)F)cn1. The first kappa shape index (κ1) is 15.2. The lowest BCUT2D eigenvalue weighted by Crippen LogP contribution is -2.17. The molecule has 1 aromatic heterocycles. The van der Waals surface area contributed by atoms with E-state index in [4.69, 9.17) is 5.73 Å². The average molecular weight is 320 g/mol. The minimum Gasteiger partial charge on any atom is -0.399 e. The Bertz CT molecular complexity index is 768. The van der Waals surface area contributed by atoms with Gasteiger partial charge in [-0.25, -0.2) is 8.42 Å². The highest BCUT2D eigenvalue weighted by Crippen LogP contribution is 2.36. The molecule has 0 amide bonds. The molecule has 0 aliphatic carbocycles. The van der Waals surface area contributed by atoms with Crippen LogP contribution in [0.2, 0.25) is 0 Å². The number of aryl methyl sites for hydroxylation is 1. The third-order valence-electron chi connectivity index (χ3n) is 2.58. The molecule has 10 heteroatoms. The molecule has 0 atom stereocenters. The van der Waals surface area contributed by atoms with Crippen molar-refractivity contribution in [3.05, 3.63) is 36.2 Å². The Kier molecular flexibility index (Phi) is 3.58. The van der Waals surface area contributed by atoms with Crippen molar-refractivity contribution < 1.29 is 21.6 Å². The highest BCUT2D eigenvalue weighted by molar-refractivity contribution is 7.92. The van der Waals surface area contributed by atoms with E-state index in [1.165, 1.54) is 24.0 Å². The fourth-order valence-corrected chi connectivity index (χ4v) is 2.69. The molecule has 6 nitrogen and oxygen atoms in total. The van der Waals surface area contributed by atoms with Crippen LogP contribution in [0.5, 0.6) is 0 Å². The molecule has 2 aromatic rings. The van der Waals surface area contributed by atoms with Crippen molar-refractivity contribution in [1.82, 2.24) is 9.78 Å². The Morgan fingerprint density at radius 1 is 1.33 bits per heavy atom. The van der Waals surface area contributed by atoms with E-state index in [-0.39, 0.29) is 10.6 Å². The van der Waals surface area contributed by atoms with Crippen LogP contribution in [0, 0.1) is 0 Å². The summed E-state index contributed by atoms with van der Waals surface area (Å²) in [7, 11) is -2.67. The summed E-state index contributed by atoms with van der Waals surface area (Å²) in [6.45, 7) is 0. The number of alkyl halides is 3. The smallest absolute Gasteiger partial charge is 0.399 e. The molecule has 21 heavy (non-hydrogen) atoms. The van der Waals surface area contributed by atoms with Gasteiger partial charge in [-0.15, -0.1) is 0 Å². The van der Waals surface area contributed by atoms with Crippen LogP contribution in [0.15, 0.2) is 35.5 Å². The summed E-state index contributed by atoms with van der Waals surface area (Å²) < 4.78 is 65.9. The zero-order chi connectivity index (χ0) is 15.8. The van der Waals surface area contributed by atoms with E-state index < -0.39 is 27.5 Å². The van der Waals surface area contributed by atoms with Crippen molar-refractivity contribution in [3.8, 4) is 0 Å². The zero-order valence-corrected chi connectivity index (χ0v) is 11.5. The summed E-state index contributed by atoms with van der Waals surface area (Å²) >= 11 is 0. The van der Waals surface area contributed by atoms with Gasteiger partial charge < -0.3 is 5.73 Å². The normalized spacial score (nSPS) is 12.4. The van der Waals surface area contributed by atoms with Gasteiger partial charge in [0.25, 0.3) is 10.0 Å². The van der Waals surface area contributed by atoms with Gasteiger partial charge in [0.2, 0.25) is 0 Å². The molecule has 1 heterocycles. The molecule has 1 aromatic carbocycles. The van der Waals surface area contributed by atoms with Crippen LogP contribution in [0.25, 0.3) is 0 Å². The molecule has 0 radical (unpaired) electrons. The maximum Gasteiger partial charge on any atom is 0.418 e. The van der Waals surface area contributed by atoms with Crippen LogP contribution in [-0.4, -0.2) is 18.2 Å². The molecular formula is C11H11F3N4O2S. The summed E-state index contributed by atoms with van der Waals surface area (Å²) in [5.41, 5.74) is 3.44. The van der Waals surface area contributed by atoms with E-state index in [0.29, 0.717) is 6.07 Å². The van der Waals surface area contributed by atoms with E-state index in [9.17, 15) is 21.6 Å². The number of halogens is 3. The quantitative estimate of drug-likeness (QED) is 0.844. The second-order valence-corrected chi connectivity index (χ2v) is 5.94. The van der Waals surface area contributed by atoms with E-state index in [0.717, 1.165) is 12.3 Å². The van der Waals surface area contributed by atoms with Crippen molar-refractivity contribution in [1.29, 1.82) is 0 Å². The second-order valence-electron chi connectivity index (χ2n) is 4.26. The first-order valence-corrected chi connectivity index (χ1v) is 7.06. The number of hydrogen-bond acceptors (Lipinski definition) is 4. The van der Waals surface area contributed by atoms with Crippen molar-refractivity contribution in [3.63, 3.8) is 0 Å². The number of anilines is 2. The summed E-state index contributed by atoms with van der Waals surface area (Å²) in [5.74, 6) is 0. The Morgan fingerprint density at radius 3 is 2.52 bits per heavy atom. The van der Waals surface area contributed by atoms with Gasteiger partial charge in [-0.3, -0.25) is 9.40 Å². The molecule has 0 aliphatic heterocycles. The summed E-state index contributed by atoms with van der Waals surface area (Å²) in [5, 5.41) is 3.67. The largest absolute Gasteiger partial charge is 0.418 e. The minimum absolute atomic E-state index is 0.119. The zero-order valence-electron chi connectivity index (χ0n) is 10.7. The number of sulfonamides is 1. The van der Waals surface area contributed by atoms with E-state index >= 15 is 0 Å². The molecule has 0 saturated heterocycles. The van der Waals surface area contributed by atoms with E-state index in [2.05, 4.69) is 5.10 Å². The van der Waals surface area contributed by atoms with Gasteiger partial charge in [0.1, 0.15) is 4.90 Å². The molecule has 0 spiro atoms. The molecule has 3 N–H and O–H groups in total. The van der Waals surface area contributed by atoms with E-state index in [1.807, 2.05) is 4.72 Å². The summed E-state index contributed by atoms with van der Waals surface area (Å²) in [6.07, 6.45) is -2.53. The lowest BCUT2D eigenvalue weighted by Gasteiger charge is -2.14. The van der Waals surface area contributed by atoms with E-state index in [1.54, 1.807) is 0 Å². The molecule has 0 bridgehead atoms. The Morgan fingerprint density at radius 2 is 2.00 bits per heavy atom. The van der Waals surface area contributed by atoms with Gasteiger partial charge in [-0.1, -0.05) is 0 Å². The standard InChI is InChI=1S/C11H11F3N4O2S/c1-18-6-8(5-16-18)21(19,20)17-10-3-2-7(15)4-9(10)11(12,13)14/h2-6,17H,15H2,1H3. The lowest BCUT2D eigenvalue weighted by molar-refractivity contribution is -0.136. The topological polar surface area (TPSA) is 90.0 Å². The summed E-state index contributed by atoms with van der Waals surface area (Å²) in [4.78, 5) is -0.241. The van der Waals surface area contributed by atoms with Crippen LogP contribution in [-0.2, 0) is 23.2 Å². The van der Waals surface area contributed by atoms with Gasteiger partial charge in [0.05, 0.1) is 17.4 Å². The maximum atomic E-state index is 12.9. The van der Waals surface area contributed by atoms with Gasteiger partial charge in [-0.05, 0) is 18.2 Å². The number of nitrogen functional groups attached to an aromatic ring is 1. The third-order valence-corrected chi connectivity index (χ3v) is 3.90. The second kappa shape index (κ2) is 4.95. The fourth-order valence-electron chi connectivity index (χ4n) is 1.63. The Labute approximate surface area is 118 Å². The highest BCUT2D eigenvalue weighted by Gasteiger charge is 2.35. The number of nitrogens with zero attached hydrogens (tertiary/aromatic N) is 2. The third kappa shape index (κ3) is 3.27. The Balaban J connectivity index is 2.45. The van der Waals surface area contributed by atoms with Crippen molar-refractivity contribution in [2.24, 2.45) is 7.05 Å². The number of nitrogens with two attached hydrogens (primary N) is 1. The van der Waals surface area contributed by atoms with Gasteiger partial charge in [0.15, 0.2) is 0 Å². The Hall–Kier alpha value is -2.23. The first-order valence-electron chi connectivity index (χ1n) is 5.58. The molecular weight excluding hydrogens is 309 g/mol. The van der Waals surface area contributed by atoms with Crippen LogP contribution in [0.4, 0.5) is 24.5 Å². The molecule has 0 unspecified atom stereocenters. The summed E-state index contributed by atoms with van der Waals surface area (Å²) in [6, 6.07) is 2.81. The van der Waals surface area contributed by atoms with Crippen LogP contribution < -0.4 is 10.5 Å². The fraction of sp³-hybridized carbons (Fsp3) is 0.182. The molecule has 0 aliphatic rings. The van der Waals surface area contributed by atoms with Crippen molar-refractivity contribution >= 4 is 21.4 Å². The average Bonchev–Trinajstić information content (AvgIpc) is 2.77. The van der Waals surface area contributed by atoms with Gasteiger partial charge in [-0.2, -0.15) is 18.3 Å². The number of aromatic nitrogens is 2.